The quantitative estimate of drug-likeness (QED) is 0.730. The lowest BCUT2D eigenvalue weighted by Gasteiger charge is -2.04. The van der Waals surface area contributed by atoms with Crippen molar-refractivity contribution >= 4 is 17.0 Å². The molecule has 3 aromatic heterocycles. The second kappa shape index (κ2) is 4.16. The molecule has 0 aliphatic heterocycles. The summed E-state index contributed by atoms with van der Waals surface area (Å²) in [4.78, 5) is 26.7. The molecule has 19 heavy (non-hydrogen) atoms. The summed E-state index contributed by atoms with van der Waals surface area (Å²) >= 11 is 0. The van der Waals surface area contributed by atoms with Gasteiger partial charge in [0.2, 0.25) is 0 Å². The molecule has 0 saturated carbocycles. The number of aryl methyl sites for hydroxylation is 1. The van der Waals surface area contributed by atoms with E-state index in [0.29, 0.717) is 22.6 Å². The van der Waals surface area contributed by atoms with Crippen molar-refractivity contribution in [2.75, 3.05) is 0 Å². The molecule has 0 unspecified atom stereocenters. The first kappa shape index (κ1) is 11.3. The molecule has 2 N–H and O–H groups in total. The standard InChI is InChI=1S/C13H10N4O2/c1-7-16-11(8-3-2-4-14-5-8)10-9(13(18)19)6-15-12(10)17-7/h2-6H,1H3,(H,18,19)(H,15,16,17). The number of hydrogen-bond donors (Lipinski definition) is 2. The summed E-state index contributed by atoms with van der Waals surface area (Å²) in [6, 6.07) is 3.62. The van der Waals surface area contributed by atoms with Crippen LogP contribution in [0.2, 0.25) is 0 Å². The van der Waals surface area contributed by atoms with E-state index in [2.05, 4.69) is 19.9 Å². The van der Waals surface area contributed by atoms with Crippen LogP contribution in [0.25, 0.3) is 22.3 Å². The number of fused-ring (bicyclic) bond motifs is 1. The normalized spacial score (nSPS) is 10.8. The number of hydrogen-bond acceptors (Lipinski definition) is 4. The SMILES string of the molecule is Cc1nc(-c2cccnc2)c2c(C(=O)O)c[nH]c2n1. The highest BCUT2D eigenvalue weighted by molar-refractivity contribution is 6.07. The topological polar surface area (TPSA) is 91.8 Å². The number of carboxylic acid groups (broad SMARTS) is 1. The first-order chi connectivity index (χ1) is 9.16. The number of aromatic nitrogens is 4. The summed E-state index contributed by atoms with van der Waals surface area (Å²) in [5.41, 5.74) is 2.02. The lowest BCUT2D eigenvalue weighted by molar-refractivity contribution is 0.0699. The highest BCUT2D eigenvalue weighted by Gasteiger charge is 2.18. The van der Waals surface area contributed by atoms with E-state index in [0.717, 1.165) is 5.56 Å². The van der Waals surface area contributed by atoms with Gasteiger partial charge in [0.25, 0.3) is 0 Å². The number of nitrogens with one attached hydrogen (secondary N) is 1. The van der Waals surface area contributed by atoms with Gasteiger partial charge in [0, 0.05) is 24.2 Å². The van der Waals surface area contributed by atoms with Gasteiger partial charge >= 0.3 is 5.97 Å². The van der Waals surface area contributed by atoms with E-state index in [4.69, 9.17) is 0 Å². The van der Waals surface area contributed by atoms with Gasteiger partial charge in [-0.25, -0.2) is 14.8 Å². The molecule has 3 heterocycles. The van der Waals surface area contributed by atoms with Crippen LogP contribution in [0, 0.1) is 6.92 Å². The van der Waals surface area contributed by atoms with Crippen LogP contribution < -0.4 is 0 Å². The first-order valence-corrected chi connectivity index (χ1v) is 5.66. The van der Waals surface area contributed by atoms with E-state index < -0.39 is 5.97 Å². The molecule has 0 aromatic carbocycles. The smallest absolute Gasteiger partial charge is 0.338 e. The predicted octanol–water partition coefficient (Wildman–Crippen LogP) is 2.03. The third kappa shape index (κ3) is 1.83. The minimum atomic E-state index is -1.01. The zero-order valence-corrected chi connectivity index (χ0v) is 10.1. The molecule has 6 nitrogen and oxygen atoms in total. The van der Waals surface area contributed by atoms with Crippen molar-refractivity contribution < 1.29 is 9.90 Å². The number of rotatable bonds is 2. The largest absolute Gasteiger partial charge is 0.478 e. The number of pyridine rings is 1. The van der Waals surface area contributed by atoms with E-state index in [1.165, 1.54) is 6.20 Å². The molecule has 0 amide bonds. The van der Waals surface area contributed by atoms with Gasteiger partial charge in [-0.15, -0.1) is 0 Å². The van der Waals surface area contributed by atoms with Crippen LogP contribution in [0.5, 0.6) is 0 Å². The number of aromatic amines is 1. The summed E-state index contributed by atoms with van der Waals surface area (Å²) in [5, 5.41) is 9.73. The van der Waals surface area contributed by atoms with E-state index >= 15 is 0 Å². The first-order valence-electron chi connectivity index (χ1n) is 5.66. The molecule has 0 fully saturated rings. The van der Waals surface area contributed by atoms with Crippen LogP contribution in [-0.4, -0.2) is 31.0 Å². The Balaban J connectivity index is 2.39. The third-order valence-electron chi connectivity index (χ3n) is 2.81. The summed E-state index contributed by atoms with van der Waals surface area (Å²) in [6.07, 6.45) is 4.74. The van der Waals surface area contributed by atoms with Gasteiger partial charge in [0.05, 0.1) is 16.6 Å². The molecule has 94 valence electrons. The van der Waals surface area contributed by atoms with Gasteiger partial charge in [-0.05, 0) is 19.1 Å². The Hall–Kier alpha value is -2.76. The molecule has 0 atom stereocenters. The number of carbonyl (C=O) groups is 1. The maximum atomic E-state index is 11.3. The second-order valence-corrected chi connectivity index (χ2v) is 4.09. The van der Waals surface area contributed by atoms with E-state index in [9.17, 15) is 9.90 Å². The highest BCUT2D eigenvalue weighted by atomic mass is 16.4. The van der Waals surface area contributed by atoms with E-state index in [1.807, 2.05) is 6.07 Å². The lowest BCUT2D eigenvalue weighted by Crippen LogP contribution is -1.98. The van der Waals surface area contributed by atoms with Gasteiger partial charge in [0.1, 0.15) is 11.5 Å². The number of nitrogens with zero attached hydrogens (tertiary/aromatic N) is 3. The highest BCUT2D eigenvalue weighted by Crippen LogP contribution is 2.28. The molecule has 0 saturated heterocycles. The van der Waals surface area contributed by atoms with Crippen molar-refractivity contribution in [3.63, 3.8) is 0 Å². The van der Waals surface area contributed by atoms with Crippen LogP contribution in [0.1, 0.15) is 16.2 Å². The van der Waals surface area contributed by atoms with Crippen molar-refractivity contribution in [3.05, 3.63) is 42.1 Å². The third-order valence-corrected chi connectivity index (χ3v) is 2.81. The van der Waals surface area contributed by atoms with Crippen molar-refractivity contribution in [1.82, 2.24) is 19.9 Å². The molecular formula is C13H10N4O2. The minimum absolute atomic E-state index is 0.161. The van der Waals surface area contributed by atoms with Crippen molar-refractivity contribution in [2.24, 2.45) is 0 Å². The summed E-state index contributed by atoms with van der Waals surface area (Å²) in [7, 11) is 0. The molecule has 6 heteroatoms. The zero-order chi connectivity index (χ0) is 13.4. The van der Waals surface area contributed by atoms with Gasteiger partial charge < -0.3 is 10.1 Å². The molecule has 0 aliphatic carbocycles. The van der Waals surface area contributed by atoms with E-state index in [1.54, 1.807) is 25.4 Å². The molecule has 0 radical (unpaired) electrons. The average molecular weight is 254 g/mol. The Kier molecular flexibility index (Phi) is 2.49. The molecule has 0 spiro atoms. The molecule has 3 rings (SSSR count). The number of aromatic carboxylic acids is 1. The zero-order valence-electron chi connectivity index (χ0n) is 10.1. The van der Waals surface area contributed by atoms with Crippen LogP contribution in [0.3, 0.4) is 0 Å². The fraction of sp³-hybridized carbons (Fsp3) is 0.0769. The van der Waals surface area contributed by atoms with Gasteiger partial charge in [-0.3, -0.25) is 4.98 Å². The van der Waals surface area contributed by atoms with Gasteiger partial charge in [-0.2, -0.15) is 0 Å². The van der Waals surface area contributed by atoms with Crippen LogP contribution in [0.4, 0.5) is 0 Å². The Morgan fingerprint density at radius 2 is 2.21 bits per heavy atom. The fourth-order valence-electron chi connectivity index (χ4n) is 2.03. The van der Waals surface area contributed by atoms with Crippen molar-refractivity contribution in [2.45, 2.75) is 6.92 Å². The van der Waals surface area contributed by atoms with Crippen LogP contribution in [0.15, 0.2) is 30.7 Å². The van der Waals surface area contributed by atoms with Crippen molar-refractivity contribution in [1.29, 1.82) is 0 Å². The Morgan fingerprint density at radius 3 is 2.89 bits per heavy atom. The maximum Gasteiger partial charge on any atom is 0.338 e. The summed E-state index contributed by atoms with van der Waals surface area (Å²) in [6.45, 7) is 1.76. The van der Waals surface area contributed by atoms with Gasteiger partial charge in [0.15, 0.2) is 0 Å². The second-order valence-electron chi connectivity index (χ2n) is 4.09. The maximum absolute atomic E-state index is 11.3. The van der Waals surface area contributed by atoms with Crippen LogP contribution >= 0.6 is 0 Å². The van der Waals surface area contributed by atoms with Crippen molar-refractivity contribution in [3.8, 4) is 11.3 Å². The lowest BCUT2D eigenvalue weighted by atomic mass is 10.1. The Labute approximate surface area is 108 Å². The average Bonchev–Trinajstić information content (AvgIpc) is 2.82. The van der Waals surface area contributed by atoms with Crippen LogP contribution in [-0.2, 0) is 0 Å². The molecular weight excluding hydrogens is 244 g/mol. The number of H-pyrrole nitrogens is 1. The molecule has 3 aromatic rings. The van der Waals surface area contributed by atoms with E-state index in [-0.39, 0.29) is 5.56 Å². The molecule has 0 bridgehead atoms. The summed E-state index contributed by atoms with van der Waals surface area (Å²) in [5.74, 6) is -0.436. The Morgan fingerprint density at radius 1 is 1.37 bits per heavy atom. The molecule has 0 aliphatic rings. The van der Waals surface area contributed by atoms with Gasteiger partial charge in [-0.1, -0.05) is 0 Å². The predicted molar refractivity (Wildman–Crippen MR) is 68.8 cm³/mol. The minimum Gasteiger partial charge on any atom is -0.478 e. The fourth-order valence-corrected chi connectivity index (χ4v) is 2.03. The monoisotopic (exact) mass is 254 g/mol. The Bertz CT molecular complexity index is 765. The summed E-state index contributed by atoms with van der Waals surface area (Å²) < 4.78 is 0. The number of carboxylic acids is 1.